The number of nitrogens with two attached hydrogens (primary N) is 1. The van der Waals surface area contributed by atoms with Gasteiger partial charge in [0.05, 0.1) is 0 Å². The van der Waals surface area contributed by atoms with Crippen molar-refractivity contribution >= 4 is 22.8 Å². The van der Waals surface area contributed by atoms with Gasteiger partial charge in [-0.3, -0.25) is 0 Å². The number of aromatic nitrogens is 1. The Bertz CT molecular complexity index is 584. The van der Waals surface area contributed by atoms with E-state index < -0.39 is 0 Å². The van der Waals surface area contributed by atoms with Crippen molar-refractivity contribution in [2.75, 3.05) is 17.2 Å². The summed E-state index contributed by atoms with van der Waals surface area (Å²) in [6, 6.07) is 6.99. The smallest absolute Gasteiger partial charge is 0.298 e. The van der Waals surface area contributed by atoms with Crippen LogP contribution in [0.5, 0.6) is 0 Å². The molecule has 1 aromatic heterocycles. The summed E-state index contributed by atoms with van der Waals surface area (Å²) in [6.07, 6.45) is 5.11. The van der Waals surface area contributed by atoms with Crippen molar-refractivity contribution in [2.45, 2.75) is 45.6 Å². The SMILES string of the molecule is CC(C)CN(c1nc2ccc(N)cc2o1)C1CCCC1. The number of benzene rings is 1. The number of hydrogen-bond donors (Lipinski definition) is 1. The Morgan fingerprint density at radius 3 is 2.80 bits per heavy atom. The number of hydrogen-bond acceptors (Lipinski definition) is 4. The molecule has 0 radical (unpaired) electrons. The van der Waals surface area contributed by atoms with Crippen LogP contribution in [-0.4, -0.2) is 17.6 Å². The van der Waals surface area contributed by atoms with Crippen LogP contribution < -0.4 is 10.6 Å². The molecule has 20 heavy (non-hydrogen) atoms. The van der Waals surface area contributed by atoms with E-state index >= 15 is 0 Å². The molecule has 0 unspecified atom stereocenters. The lowest BCUT2D eigenvalue weighted by atomic mass is 10.1. The third-order valence-corrected chi connectivity index (χ3v) is 3.97. The van der Waals surface area contributed by atoms with Gasteiger partial charge in [-0.2, -0.15) is 4.98 Å². The lowest BCUT2D eigenvalue weighted by Gasteiger charge is -2.28. The highest BCUT2D eigenvalue weighted by Gasteiger charge is 2.26. The van der Waals surface area contributed by atoms with Crippen molar-refractivity contribution in [2.24, 2.45) is 5.92 Å². The predicted octanol–water partition coefficient (Wildman–Crippen LogP) is 3.82. The second-order valence-corrected chi connectivity index (χ2v) is 6.21. The Hall–Kier alpha value is -1.71. The van der Waals surface area contributed by atoms with Gasteiger partial charge < -0.3 is 15.1 Å². The molecule has 0 spiro atoms. The van der Waals surface area contributed by atoms with Gasteiger partial charge in [0.25, 0.3) is 6.01 Å². The first-order chi connectivity index (χ1) is 9.63. The third kappa shape index (κ3) is 2.60. The number of anilines is 2. The van der Waals surface area contributed by atoms with E-state index in [1.54, 1.807) is 0 Å². The van der Waals surface area contributed by atoms with Gasteiger partial charge in [0.15, 0.2) is 5.58 Å². The lowest BCUT2D eigenvalue weighted by molar-refractivity contribution is 0.476. The van der Waals surface area contributed by atoms with Gasteiger partial charge in [-0.1, -0.05) is 26.7 Å². The quantitative estimate of drug-likeness (QED) is 0.860. The van der Waals surface area contributed by atoms with Crippen molar-refractivity contribution in [1.82, 2.24) is 4.98 Å². The van der Waals surface area contributed by atoms with Crippen LogP contribution in [0.2, 0.25) is 0 Å². The molecule has 2 aromatic rings. The van der Waals surface area contributed by atoms with E-state index in [1.165, 1.54) is 25.7 Å². The van der Waals surface area contributed by atoms with Crippen molar-refractivity contribution in [3.63, 3.8) is 0 Å². The maximum absolute atomic E-state index is 5.96. The topological polar surface area (TPSA) is 55.3 Å². The number of nitrogens with zero attached hydrogens (tertiary/aromatic N) is 2. The summed E-state index contributed by atoms with van der Waals surface area (Å²) in [7, 11) is 0. The molecule has 3 rings (SSSR count). The molecule has 2 N–H and O–H groups in total. The van der Waals surface area contributed by atoms with E-state index in [-0.39, 0.29) is 0 Å². The first-order valence-electron chi connectivity index (χ1n) is 7.56. The Kier molecular flexibility index (Phi) is 3.55. The largest absolute Gasteiger partial charge is 0.423 e. The molecule has 0 bridgehead atoms. The van der Waals surface area contributed by atoms with Crippen molar-refractivity contribution < 1.29 is 4.42 Å². The van der Waals surface area contributed by atoms with Crippen LogP contribution in [0.15, 0.2) is 22.6 Å². The van der Waals surface area contributed by atoms with Gasteiger partial charge in [0, 0.05) is 24.3 Å². The summed E-state index contributed by atoms with van der Waals surface area (Å²) in [6.45, 7) is 5.47. The zero-order valence-corrected chi connectivity index (χ0v) is 12.3. The maximum atomic E-state index is 5.96. The van der Waals surface area contributed by atoms with Crippen LogP contribution in [-0.2, 0) is 0 Å². The number of rotatable bonds is 4. The summed E-state index contributed by atoms with van der Waals surface area (Å²) in [5.41, 5.74) is 8.20. The second-order valence-electron chi connectivity index (χ2n) is 6.21. The molecule has 0 amide bonds. The summed E-state index contributed by atoms with van der Waals surface area (Å²) >= 11 is 0. The first kappa shape index (κ1) is 13.3. The molecule has 1 saturated carbocycles. The fraction of sp³-hybridized carbons (Fsp3) is 0.562. The Balaban J connectivity index is 1.94. The highest BCUT2D eigenvalue weighted by atomic mass is 16.4. The fourth-order valence-corrected chi connectivity index (χ4v) is 3.04. The van der Waals surface area contributed by atoms with Crippen LogP contribution in [0.25, 0.3) is 11.1 Å². The molecule has 0 atom stereocenters. The lowest BCUT2D eigenvalue weighted by Crippen LogP contribution is -2.36. The van der Waals surface area contributed by atoms with E-state index in [2.05, 4.69) is 23.7 Å². The number of oxazole rings is 1. The molecule has 1 heterocycles. The van der Waals surface area contributed by atoms with Gasteiger partial charge in [0.1, 0.15) is 5.52 Å². The minimum atomic E-state index is 0.572. The van der Waals surface area contributed by atoms with Gasteiger partial charge in [-0.05, 0) is 30.9 Å². The zero-order valence-electron chi connectivity index (χ0n) is 12.3. The normalized spacial score (nSPS) is 16.4. The molecular weight excluding hydrogens is 250 g/mol. The predicted molar refractivity (Wildman–Crippen MR) is 82.9 cm³/mol. The Morgan fingerprint density at radius 1 is 1.35 bits per heavy atom. The van der Waals surface area contributed by atoms with Crippen molar-refractivity contribution in [3.05, 3.63) is 18.2 Å². The minimum absolute atomic E-state index is 0.572. The Morgan fingerprint density at radius 2 is 2.10 bits per heavy atom. The molecule has 1 aromatic carbocycles. The van der Waals surface area contributed by atoms with E-state index in [0.29, 0.717) is 12.0 Å². The molecule has 1 fully saturated rings. The van der Waals surface area contributed by atoms with Crippen LogP contribution in [0.1, 0.15) is 39.5 Å². The van der Waals surface area contributed by atoms with Crippen molar-refractivity contribution in [3.8, 4) is 0 Å². The molecule has 1 aliphatic rings. The van der Waals surface area contributed by atoms with E-state index in [9.17, 15) is 0 Å². The molecular formula is C16H23N3O. The average molecular weight is 273 g/mol. The van der Waals surface area contributed by atoms with Crippen LogP contribution in [0, 0.1) is 5.92 Å². The summed E-state index contributed by atoms with van der Waals surface area (Å²) in [5.74, 6) is 0.593. The third-order valence-electron chi connectivity index (χ3n) is 3.97. The zero-order chi connectivity index (χ0) is 14.1. The summed E-state index contributed by atoms with van der Waals surface area (Å²) in [4.78, 5) is 7.01. The molecule has 4 nitrogen and oxygen atoms in total. The maximum Gasteiger partial charge on any atom is 0.298 e. The monoisotopic (exact) mass is 273 g/mol. The van der Waals surface area contributed by atoms with Gasteiger partial charge >= 0.3 is 0 Å². The summed E-state index contributed by atoms with van der Waals surface area (Å²) < 4.78 is 5.96. The first-order valence-corrected chi connectivity index (χ1v) is 7.56. The molecule has 4 heteroatoms. The molecule has 0 aliphatic heterocycles. The van der Waals surface area contributed by atoms with Crippen LogP contribution >= 0.6 is 0 Å². The van der Waals surface area contributed by atoms with Gasteiger partial charge in [-0.25, -0.2) is 0 Å². The average Bonchev–Trinajstić information content (AvgIpc) is 3.04. The van der Waals surface area contributed by atoms with E-state index in [4.69, 9.17) is 10.2 Å². The summed E-state index contributed by atoms with van der Waals surface area (Å²) in [5, 5.41) is 0. The van der Waals surface area contributed by atoms with Gasteiger partial charge in [-0.15, -0.1) is 0 Å². The number of fused-ring (bicyclic) bond motifs is 1. The van der Waals surface area contributed by atoms with Crippen molar-refractivity contribution in [1.29, 1.82) is 0 Å². The standard InChI is InChI=1S/C16H23N3O/c1-11(2)10-19(13-5-3-4-6-13)16-18-14-8-7-12(17)9-15(14)20-16/h7-9,11,13H,3-6,10,17H2,1-2H3. The molecule has 1 aliphatic carbocycles. The highest BCUT2D eigenvalue weighted by molar-refractivity contribution is 5.78. The van der Waals surface area contributed by atoms with Crippen LogP contribution in [0.4, 0.5) is 11.7 Å². The highest BCUT2D eigenvalue weighted by Crippen LogP contribution is 2.31. The minimum Gasteiger partial charge on any atom is -0.423 e. The molecule has 108 valence electrons. The van der Waals surface area contributed by atoms with E-state index in [0.717, 1.165) is 29.3 Å². The van der Waals surface area contributed by atoms with Gasteiger partial charge in [0.2, 0.25) is 0 Å². The number of nitrogen functional groups attached to an aromatic ring is 1. The fourth-order valence-electron chi connectivity index (χ4n) is 3.04. The second kappa shape index (κ2) is 5.35. The Labute approximate surface area is 120 Å². The van der Waals surface area contributed by atoms with E-state index in [1.807, 2.05) is 18.2 Å². The molecule has 0 saturated heterocycles. The van der Waals surface area contributed by atoms with Crippen LogP contribution in [0.3, 0.4) is 0 Å².